The number of rotatable bonds is 7. The molecular formula is C13H25N5. The van der Waals surface area contributed by atoms with E-state index >= 15 is 0 Å². The SMILES string of the molecule is CCCCN(c1cc(NC)nc(N)n1)C(C)CC. The molecule has 18 heavy (non-hydrogen) atoms. The molecule has 102 valence electrons. The van der Waals surface area contributed by atoms with Crippen molar-refractivity contribution in [1.82, 2.24) is 9.97 Å². The largest absolute Gasteiger partial charge is 0.373 e. The van der Waals surface area contributed by atoms with Gasteiger partial charge in [0.05, 0.1) is 0 Å². The lowest BCUT2D eigenvalue weighted by Crippen LogP contribution is -2.34. The van der Waals surface area contributed by atoms with Crippen LogP contribution in [-0.2, 0) is 0 Å². The molecule has 0 saturated heterocycles. The third kappa shape index (κ3) is 3.75. The van der Waals surface area contributed by atoms with Crippen LogP contribution in [0.15, 0.2) is 6.07 Å². The van der Waals surface area contributed by atoms with Crippen molar-refractivity contribution in [1.29, 1.82) is 0 Å². The summed E-state index contributed by atoms with van der Waals surface area (Å²) < 4.78 is 0. The minimum atomic E-state index is 0.321. The van der Waals surface area contributed by atoms with Crippen LogP contribution in [0.3, 0.4) is 0 Å². The standard InChI is InChI=1S/C13H25N5/c1-5-7-8-18(10(3)6-2)12-9-11(15-4)16-13(14)17-12/h9-10H,5-8H2,1-4H3,(H3,14,15,16,17). The molecule has 0 radical (unpaired) electrons. The predicted molar refractivity (Wildman–Crippen MR) is 78.0 cm³/mol. The summed E-state index contributed by atoms with van der Waals surface area (Å²) in [4.78, 5) is 10.8. The second-order valence-corrected chi connectivity index (χ2v) is 4.52. The summed E-state index contributed by atoms with van der Waals surface area (Å²) in [6.45, 7) is 7.60. The van der Waals surface area contributed by atoms with Gasteiger partial charge in [0.25, 0.3) is 0 Å². The van der Waals surface area contributed by atoms with Crippen LogP contribution in [-0.4, -0.2) is 29.6 Å². The molecule has 0 spiro atoms. The van der Waals surface area contributed by atoms with Crippen molar-refractivity contribution < 1.29 is 0 Å². The summed E-state index contributed by atoms with van der Waals surface area (Å²) in [5, 5.41) is 3.02. The highest BCUT2D eigenvalue weighted by Gasteiger charge is 2.15. The summed E-state index contributed by atoms with van der Waals surface area (Å²) in [7, 11) is 1.84. The summed E-state index contributed by atoms with van der Waals surface area (Å²) in [6, 6.07) is 2.41. The van der Waals surface area contributed by atoms with Gasteiger partial charge in [0.2, 0.25) is 5.95 Å². The van der Waals surface area contributed by atoms with E-state index in [9.17, 15) is 0 Å². The molecule has 0 fully saturated rings. The summed E-state index contributed by atoms with van der Waals surface area (Å²) in [5.41, 5.74) is 5.75. The number of hydrogen-bond acceptors (Lipinski definition) is 5. The van der Waals surface area contributed by atoms with Gasteiger partial charge in [0, 0.05) is 25.7 Å². The Labute approximate surface area is 110 Å². The van der Waals surface area contributed by atoms with Crippen LogP contribution < -0.4 is 16.0 Å². The zero-order chi connectivity index (χ0) is 13.5. The normalized spacial score (nSPS) is 12.2. The lowest BCUT2D eigenvalue weighted by molar-refractivity contribution is 0.589. The molecule has 0 amide bonds. The number of anilines is 3. The molecule has 5 nitrogen and oxygen atoms in total. The van der Waals surface area contributed by atoms with Gasteiger partial charge in [0.15, 0.2) is 0 Å². The van der Waals surface area contributed by atoms with Gasteiger partial charge in [-0.15, -0.1) is 0 Å². The Balaban J connectivity index is 2.99. The number of aromatic nitrogens is 2. The van der Waals surface area contributed by atoms with Gasteiger partial charge in [-0.1, -0.05) is 20.3 Å². The molecule has 0 bridgehead atoms. The Hall–Kier alpha value is -1.52. The Bertz CT molecular complexity index is 366. The summed E-state index contributed by atoms with van der Waals surface area (Å²) in [5.74, 6) is 2.00. The van der Waals surface area contributed by atoms with E-state index < -0.39 is 0 Å². The monoisotopic (exact) mass is 251 g/mol. The van der Waals surface area contributed by atoms with Crippen molar-refractivity contribution in [3.8, 4) is 0 Å². The molecule has 0 aliphatic rings. The molecule has 3 N–H and O–H groups in total. The van der Waals surface area contributed by atoms with Crippen molar-refractivity contribution in [2.24, 2.45) is 0 Å². The van der Waals surface area contributed by atoms with Crippen LogP contribution >= 0.6 is 0 Å². The van der Waals surface area contributed by atoms with E-state index in [2.05, 4.69) is 41.0 Å². The molecule has 0 saturated carbocycles. The van der Waals surface area contributed by atoms with Crippen LogP contribution in [0.5, 0.6) is 0 Å². The molecule has 1 aromatic rings. The van der Waals surface area contributed by atoms with Crippen molar-refractivity contribution in [3.63, 3.8) is 0 Å². The smallest absolute Gasteiger partial charge is 0.223 e. The molecule has 5 heteroatoms. The van der Waals surface area contributed by atoms with E-state index in [0.29, 0.717) is 12.0 Å². The van der Waals surface area contributed by atoms with Gasteiger partial charge in [0.1, 0.15) is 11.6 Å². The molecule has 0 aliphatic carbocycles. The van der Waals surface area contributed by atoms with Crippen LogP contribution in [0, 0.1) is 0 Å². The average molecular weight is 251 g/mol. The highest BCUT2D eigenvalue weighted by atomic mass is 15.2. The first kappa shape index (κ1) is 14.5. The lowest BCUT2D eigenvalue weighted by atomic mass is 10.2. The van der Waals surface area contributed by atoms with E-state index in [1.165, 1.54) is 6.42 Å². The highest BCUT2D eigenvalue weighted by Crippen LogP contribution is 2.20. The Morgan fingerprint density at radius 2 is 2.11 bits per heavy atom. The molecule has 1 rings (SSSR count). The molecule has 1 atom stereocenters. The van der Waals surface area contributed by atoms with Gasteiger partial charge in [-0.05, 0) is 19.8 Å². The van der Waals surface area contributed by atoms with Gasteiger partial charge < -0.3 is 16.0 Å². The number of unbranched alkanes of at least 4 members (excludes halogenated alkanes) is 1. The quantitative estimate of drug-likeness (QED) is 0.779. The first-order valence-electron chi connectivity index (χ1n) is 6.71. The van der Waals surface area contributed by atoms with Crippen molar-refractivity contribution >= 4 is 17.6 Å². The van der Waals surface area contributed by atoms with Gasteiger partial charge >= 0.3 is 0 Å². The van der Waals surface area contributed by atoms with Crippen LogP contribution in [0.4, 0.5) is 17.6 Å². The summed E-state index contributed by atoms with van der Waals surface area (Å²) >= 11 is 0. The minimum absolute atomic E-state index is 0.321. The zero-order valence-corrected chi connectivity index (χ0v) is 11.9. The van der Waals surface area contributed by atoms with Crippen LogP contribution in [0.2, 0.25) is 0 Å². The Morgan fingerprint density at radius 1 is 1.39 bits per heavy atom. The molecule has 1 aromatic heterocycles. The van der Waals surface area contributed by atoms with E-state index in [-0.39, 0.29) is 0 Å². The van der Waals surface area contributed by atoms with Crippen LogP contribution in [0.25, 0.3) is 0 Å². The second kappa shape index (κ2) is 7.03. The highest BCUT2D eigenvalue weighted by molar-refractivity contribution is 5.52. The minimum Gasteiger partial charge on any atom is -0.373 e. The van der Waals surface area contributed by atoms with E-state index in [4.69, 9.17) is 5.73 Å². The number of nitrogen functional groups attached to an aromatic ring is 1. The fourth-order valence-corrected chi connectivity index (χ4v) is 1.84. The fraction of sp³-hybridized carbons (Fsp3) is 0.692. The number of nitrogens with one attached hydrogen (secondary N) is 1. The maximum Gasteiger partial charge on any atom is 0.223 e. The number of nitrogens with two attached hydrogens (primary N) is 1. The first-order valence-corrected chi connectivity index (χ1v) is 6.71. The molecule has 1 unspecified atom stereocenters. The molecule has 1 heterocycles. The number of hydrogen-bond donors (Lipinski definition) is 2. The van der Waals surface area contributed by atoms with Crippen molar-refractivity contribution in [2.75, 3.05) is 29.5 Å². The van der Waals surface area contributed by atoms with Crippen molar-refractivity contribution in [3.05, 3.63) is 6.07 Å². The topological polar surface area (TPSA) is 67.1 Å². The predicted octanol–water partition coefficient (Wildman–Crippen LogP) is 2.51. The van der Waals surface area contributed by atoms with Crippen LogP contribution in [0.1, 0.15) is 40.0 Å². The molecule has 0 aliphatic heterocycles. The van der Waals surface area contributed by atoms with E-state index in [0.717, 1.165) is 31.0 Å². The first-order chi connectivity index (χ1) is 8.62. The second-order valence-electron chi connectivity index (χ2n) is 4.52. The third-order valence-corrected chi connectivity index (χ3v) is 3.16. The molecular weight excluding hydrogens is 226 g/mol. The fourth-order valence-electron chi connectivity index (χ4n) is 1.84. The zero-order valence-electron chi connectivity index (χ0n) is 11.9. The Kier molecular flexibility index (Phi) is 5.68. The Morgan fingerprint density at radius 3 is 2.67 bits per heavy atom. The maximum atomic E-state index is 5.75. The van der Waals surface area contributed by atoms with Gasteiger partial charge in [-0.25, -0.2) is 0 Å². The maximum absolute atomic E-state index is 5.75. The van der Waals surface area contributed by atoms with E-state index in [1.807, 2.05) is 13.1 Å². The lowest BCUT2D eigenvalue weighted by Gasteiger charge is -2.30. The van der Waals surface area contributed by atoms with Gasteiger partial charge in [-0.2, -0.15) is 9.97 Å². The average Bonchev–Trinajstić information content (AvgIpc) is 2.38. The summed E-state index contributed by atoms with van der Waals surface area (Å²) in [6.07, 6.45) is 3.41. The van der Waals surface area contributed by atoms with E-state index in [1.54, 1.807) is 0 Å². The third-order valence-electron chi connectivity index (χ3n) is 3.16. The molecule has 0 aromatic carbocycles. The number of nitrogens with zero attached hydrogens (tertiary/aromatic N) is 3. The van der Waals surface area contributed by atoms with Crippen molar-refractivity contribution in [2.45, 2.75) is 46.1 Å². The van der Waals surface area contributed by atoms with Gasteiger partial charge in [-0.3, -0.25) is 0 Å².